The summed E-state index contributed by atoms with van der Waals surface area (Å²) in [6.45, 7) is 0. The highest BCUT2D eigenvalue weighted by Crippen LogP contribution is 2.42. The van der Waals surface area contributed by atoms with Crippen molar-refractivity contribution in [3.8, 4) is 0 Å². The van der Waals surface area contributed by atoms with Crippen molar-refractivity contribution in [3.63, 3.8) is 0 Å². The first-order valence-corrected chi connectivity index (χ1v) is 13.2. The van der Waals surface area contributed by atoms with Crippen LogP contribution in [0.4, 0.5) is 0 Å². The molecular formula is C24H24N6O4S2. The number of nitrogens with one attached hydrogen (secondary N) is 1. The van der Waals surface area contributed by atoms with Gasteiger partial charge in [-0.15, -0.1) is 16.9 Å². The number of aryl methyl sites for hydroxylation is 1. The van der Waals surface area contributed by atoms with Crippen molar-refractivity contribution in [3.05, 3.63) is 83.1 Å². The SMILES string of the molecule is CON[C@@H]1C(=O)N2C(C(=O)OC(c3ccccc3)c3ccccc3)=C(CSc3nnnn3C)CS[C@H]12. The van der Waals surface area contributed by atoms with E-state index in [-0.39, 0.29) is 17.0 Å². The lowest BCUT2D eigenvalue weighted by Crippen LogP contribution is -2.69. The lowest BCUT2D eigenvalue weighted by molar-refractivity contribution is -0.157. The quantitative estimate of drug-likeness (QED) is 0.194. The van der Waals surface area contributed by atoms with Crippen LogP contribution in [0, 0.1) is 0 Å². The number of amides is 1. The second-order valence-electron chi connectivity index (χ2n) is 8.14. The lowest BCUT2D eigenvalue weighted by Gasteiger charge is -2.49. The number of rotatable bonds is 9. The standard InChI is InChI=1S/C24H24N6O4S2/c1-29-24(25-27-28-29)36-14-17-13-35-22-18(26-33-2)21(31)30(22)19(17)23(32)34-20(15-9-5-3-6-10-15)16-11-7-4-8-12-16/h3-12,18,20,22,26H,13-14H2,1-2H3/t18-,22-/m1/s1. The third-order valence-corrected chi connectivity index (χ3v) is 8.31. The summed E-state index contributed by atoms with van der Waals surface area (Å²) in [5.74, 6) is 0.209. The molecule has 0 spiro atoms. The Bertz CT molecular complexity index is 1230. The fourth-order valence-electron chi connectivity index (χ4n) is 4.13. The number of hydrogen-bond donors (Lipinski definition) is 1. The molecule has 0 aliphatic carbocycles. The fourth-order valence-corrected chi connectivity index (χ4v) is 6.45. The molecule has 1 fully saturated rings. The van der Waals surface area contributed by atoms with Gasteiger partial charge in [0.15, 0.2) is 6.10 Å². The number of benzene rings is 2. The summed E-state index contributed by atoms with van der Waals surface area (Å²) in [5, 5.41) is 11.9. The number of β-lactam (4-membered cyclic amide) rings is 1. The van der Waals surface area contributed by atoms with Gasteiger partial charge in [0.1, 0.15) is 17.1 Å². The minimum Gasteiger partial charge on any atom is -0.448 e. The third-order valence-electron chi connectivity index (χ3n) is 5.87. The predicted molar refractivity (Wildman–Crippen MR) is 134 cm³/mol. The summed E-state index contributed by atoms with van der Waals surface area (Å²) in [6, 6.07) is 18.6. The number of aromatic nitrogens is 4. The number of hydrogen-bond acceptors (Lipinski definition) is 10. The topological polar surface area (TPSA) is 111 Å². The molecule has 36 heavy (non-hydrogen) atoms. The van der Waals surface area contributed by atoms with Crippen molar-refractivity contribution in [2.45, 2.75) is 22.7 Å². The second-order valence-corrected chi connectivity index (χ2v) is 10.2. The molecule has 0 saturated carbocycles. The van der Waals surface area contributed by atoms with E-state index in [9.17, 15) is 9.59 Å². The van der Waals surface area contributed by atoms with Gasteiger partial charge in [-0.1, -0.05) is 72.4 Å². The molecule has 0 bridgehead atoms. The average Bonchev–Trinajstić information content (AvgIpc) is 3.33. The van der Waals surface area contributed by atoms with Gasteiger partial charge in [0.05, 0.1) is 7.11 Å². The van der Waals surface area contributed by atoms with Crippen LogP contribution in [0.2, 0.25) is 0 Å². The fraction of sp³-hybridized carbons (Fsp3) is 0.292. The summed E-state index contributed by atoms with van der Waals surface area (Å²) in [4.78, 5) is 33.4. The molecule has 3 heterocycles. The van der Waals surface area contributed by atoms with E-state index in [1.165, 1.54) is 23.8 Å². The number of thioether (sulfide) groups is 2. The van der Waals surface area contributed by atoms with Crippen LogP contribution >= 0.6 is 23.5 Å². The van der Waals surface area contributed by atoms with Gasteiger partial charge in [0.25, 0.3) is 5.91 Å². The molecule has 5 rings (SSSR count). The van der Waals surface area contributed by atoms with E-state index in [4.69, 9.17) is 9.57 Å². The molecule has 2 aliphatic rings. The summed E-state index contributed by atoms with van der Waals surface area (Å²) in [7, 11) is 3.22. The van der Waals surface area contributed by atoms with Crippen LogP contribution in [-0.4, -0.2) is 67.0 Å². The van der Waals surface area contributed by atoms with Crippen LogP contribution < -0.4 is 5.48 Å². The summed E-state index contributed by atoms with van der Waals surface area (Å²) in [6.07, 6.45) is -0.624. The van der Waals surface area contributed by atoms with Crippen LogP contribution in [0.15, 0.2) is 77.1 Å². The maximum Gasteiger partial charge on any atom is 0.356 e. The number of carbonyl (C=O) groups excluding carboxylic acids is 2. The number of fused-ring (bicyclic) bond motifs is 1. The normalized spacial score (nSPS) is 19.3. The van der Waals surface area contributed by atoms with E-state index in [0.29, 0.717) is 16.7 Å². The Hall–Kier alpha value is -3.19. The number of ether oxygens (including phenoxy) is 1. The number of tetrazole rings is 1. The molecule has 2 atom stereocenters. The van der Waals surface area contributed by atoms with E-state index in [1.54, 1.807) is 23.5 Å². The maximum absolute atomic E-state index is 13.8. The molecule has 186 valence electrons. The highest BCUT2D eigenvalue weighted by Gasteiger charge is 2.54. The van der Waals surface area contributed by atoms with Crippen LogP contribution in [0.5, 0.6) is 0 Å². The van der Waals surface area contributed by atoms with Crippen molar-refractivity contribution in [1.82, 2.24) is 30.6 Å². The molecule has 1 amide bonds. The van der Waals surface area contributed by atoms with E-state index < -0.39 is 18.1 Å². The monoisotopic (exact) mass is 524 g/mol. The molecule has 10 nitrogen and oxygen atoms in total. The van der Waals surface area contributed by atoms with Gasteiger partial charge in [0, 0.05) is 18.6 Å². The number of esters is 1. The van der Waals surface area contributed by atoms with Gasteiger partial charge in [-0.25, -0.2) is 9.48 Å². The number of nitrogens with zero attached hydrogens (tertiary/aromatic N) is 5. The Morgan fingerprint density at radius 3 is 2.42 bits per heavy atom. The molecule has 0 unspecified atom stereocenters. The van der Waals surface area contributed by atoms with Crippen LogP contribution in [0.3, 0.4) is 0 Å². The summed E-state index contributed by atoms with van der Waals surface area (Å²) < 4.78 is 7.71. The van der Waals surface area contributed by atoms with Crippen molar-refractivity contribution >= 4 is 35.4 Å². The highest BCUT2D eigenvalue weighted by atomic mass is 32.2. The summed E-state index contributed by atoms with van der Waals surface area (Å²) in [5.41, 5.74) is 5.49. The second kappa shape index (κ2) is 10.8. The minimum atomic E-state index is -0.624. The molecule has 2 aromatic carbocycles. The van der Waals surface area contributed by atoms with Crippen molar-refractivity contribution in [2.75, 3.05) is 18.6 Å². The number of hydroxylamine groups is 1. The first-order chi connectivity index (χ1) is 17.6. The van der Waals surface area contributed by atoms with Crippen molar-refractivity contribution in [2.24, 2.45) is 7.05 Å². The largest absolute Gasteiger partial charge is 0.448 e. The van der Waals surface area contributed by atoms with Gasteiger partial charge in [-0.05, 0) is 27.1 Å². The maximum atomic E-state index is 13.8. The number of carbonyl (C=O) groups is 2. The molecule has 1 N–H and O–H groups in total. The van der Waals surface area contributed by atoms with Gasteiger partial charge in [0.2, 0.25) is 5.16 Å². The van der Waals surface area contributed by atoms with Gasteiger partial charge < -0.3 is 9.57 Å². The zero-order valence-electron chi connectivity index (χ0n) is 19.6. The Morgan fingerprint density at radius 1 is 1.17 bits per heavy atom. The first-order valence-electron chi connectivity index (χ1n) is 11.2. The molecule has 2 aliphatic heterocycles. The first kappa shape index (κ1) is 24.5. The highest BCUT2D eigenvalue weighted by molar-refractivity contribution is 8.01. The predicted octanol–water partition coefficient (Wildman–Crippen LogP) is 2.32. The van der Waals surface area contributed by atoms with Crippen LogP contribution in [0.1, 0.15) is 17.2 Å². The smallest absolute Gasteiger partial charge is 0.356 e. The van der Waals surface area contributed by atoms with Gasteiger partial charge in [-0.3, -0.25) is 9.69 Å². The zero-order chi connectivity index (χ0) is 25.1. The molecule has 12 heteroatoms. The molecule has 1 aromatic heterocycles. The average molecular weight is 525 g/mol. The van der Waals surface area contributed by atoms with E-state index >= 15 is 0 Å². The Kier molecular flexibility index (Phi) is 7.37. The third kappa shape index (κ3) is 4.76. The van der Waals surface area contributed by atoms with Gasteiger partial charge >= 0.3 is 5.97 Å². The minimum absolute atomic E-state index is 0.236. The Morgan fingerprint density at radius 2 is 1.83 bits per heavy atom. The van der Waals surface area contributed by atoms with Crippen LogP contribution in [0.25, 0.3) is 0 Å². The molecule has 3 aromatic rings. The lowest BCUT2D eigenvalue weighted by atomic mass is 10.0. The molecule has 1 saturated heterocycles. The molecular weight excluding hydrogens is 500 g/mol. The van der Waals surface area contributed by atoms with Crippen molar-refractivity contribution < 1.29 is 19.2 Å². The van der Waals surface area contributed by atoms with E-state index in [2.05, 4.69) is 21.0 Å². The zero-order valence-corrected chi connectivity index (χ0v) is 21.2. The van der Waals surface area contributed by atoms with E-state index in [0.717, 1.165) is 16.7 Å². The van der Waals surface area contributed by atoms with Gasteiger partial charge in [-0.2, -0.15) is 5.48 Å². The Balaban J connectivity index is 1.47. The van der Waals surface area contributed by atoms with Crippen molar-refractivity contribution in [1.29, 1.82) is 0 Å². The summed E-state index contributed by atoms with van der Waals surface area (Å²) >= 11 is 2.97. The van der Waals surface area contributed by atoms with E-state index in [1.807, 2.05) is 60.7 Å². The Labute approximate surface area is 216 Å². The molecule has 0 radical (unpaired) electrons. The van der Waals surface area contributed by atoms with Crippen LogP contribution in [-0.2, 0) is 26.2 Å².